The molecule has 0 fully saturated rings. The van der Waals surface area contributed by atoms with Crippen LogP contribution in [0.4, 0.5) is 0 Å². The van der Waals surface area contributed by atoms with Crippen molar-refractivity contribution in [3.8, 4) is 11.1 Å². The number of hydrogen-bond donors (Lipinski definition) is 0. The van der Waals surface area contributed by atoms with Crippen LogP contribution >= 0.6 is 0 Å². The van der Waals surface area contributed by atoms with Gasteiger partial charge in [-0.05, 0) is 0 Å². The van der Waals surface area contributed by atoms with Gasteiger partial charge < -0.3 is 24.8 Å². The summed E-state index contributed by atoms with van der Waals surface area (Å²) in [6, 6.07) is 35.9. The maximum absolute atomic E-state index is 2.71. The number of benzene rings is 4. The van der Waals surface area contributed by atoms with Crippen molar-refractivity contribution in [1.29, 1.82) is 0 Å². The molecule has 0 bridgehead atoms. The van der Waals surface area contributed by atoms with Gasteiger partial charge in [0.25, 0.3) is 0 Å². The van der Waals surface area contributed by atoms with Gasteiger partial charge in [-0.25, -0.2) is 0 Å². The molecular weight excluding hydrogens is 707 g/mol. The zero-order valence-electron chi connectivity index (χ0n) is 29.9. The van der Waals surface area contributed by atoms with Gasteiger partial charge in [-0.1, -0.05) is 0 Å². The first-order valence-corrected chi connectivity index (χ1v) is 24.4. The molecule has 0 spiro atoms. The molecule has 0 N–H and O–H groups in total. The summed E-state index contributed by atoms with van der Waals surface area (Å²) >= 11 is -2.66. The zero-order chi connectivity index (χ0) is 32.3. The van der Waals surface area contributed by atoms with E-state index in [-0.39, 0.29) is 41.1 Å². The summed E-state index contributed by atoms with van der Waals surface area (Å²) in [6.07, 6.45) is 6.34. The van der Waals surface area contributed by atoms with E-state index in [9.17, 15) is 0 Å². The molecule has 0 heterocycles. The molecule has 1 atom stereocenters. The van der Waals surface area contributed by atoms with Gasteiger partial charge in [0.1, 0.15) is 0 Å². The molecule has 0 saturated carbocycles. The summed E-state index contributed by atoms with van der Waals surface area (Å²) in [5.41, 5.74) is 9.81. The molecule has 4 aromatic carbocycles. The Bertz CT molecular complexity index is 1820. The minimum atomic E-state index is -2.66. The molecule has 0 radical (unpaired) electrons. The van der Waals surface area contributed by atoms with Crippen molar-refractivity contribution in [3.63, 3.8) is 0 Å². The van der Waals surface area contributed by atoms with E-state index in [0.717, 1.165) is 6.42 Å². The van der Waals surface area contributed by atoms with Gasteiger partial charge in [-0.3, -0.25) is 0 Å². The molecule has 6 rings (SSSR count). The minimum absolute atomic E-state index is 0. The van der Waals surface area contributed by atoms with Crippen molar-refractivity contribution in [2.75, 3.05) is 0 Å². The Labute approximate surface area is 305 Å². The first-order valence-electron chi connectivity index (χ1n) is 16.7. The van der Waals surface area contributed by atoms with Gasteiger partial charge in [0.2, 0.25) is 0 Å². The molecular formula is C43H50Cl2SiZr. The topological polar surface area (TPSA) is 0 Å². The van der Waals surface area contributed by atoms with Crippen molar-refractivity contribution in [3.05, 3.63) is 134 Å². The fourth-order valence-corrected chi connectivity index (χ4v) is 28.3. The second-order valence-electron chi connectivity index (χ2n) is 16.3. The molecule has 2 aliphatic rings. The van der Waals surface area contributed by atoms with Crippen LogP contribution in [0.25, 0.3) is 11.1 Å². The van der Waals surface area contributed by atoms with E-state index >= 15 is 0 Å². The van der Waals surface area contributed by atoms with E-state index < -0.39 is 25.8 Å². The van der Waals surface area contributed by atoms with E-state index in [1.165, 1.54) is 33.4 Å². The quantitative estimate of drug-likeness (QED) is 0.247. The maximum Gasteiger partial charge on any atom is -1.00 e. The van der Waals surface area contributed by atoms with Gasteiger partial charge in [-0.2, -0.15) is 0 Å². The van der Waals surface area contributed by atoms with E-state index in [0.29, 0.717) is 5.92 Å². The summed E-state index contributed by atoms with van der Waals surface area (Å²) in [7, 11) is 0. The van der Waals surface area contributed by atoms with Crippen molar-refractivity contribution in [2.45, 2.75) is 86.5 Å². The fourth-order valence-electron chi connectivity index (χ4n) is 6.97. The Kier molecular flexibility index (Phi) is 11.4. The molecule has 0 saturated heterocycles. The Hall–Kier alpha value is -1.96. The first kappa shape index (κ1) is 37.9. The van der Waals surface area contributed by atoms with Gasteiger partial charge in [0, 0.05) is 0 Å². The Morgan fingerprint density at radius 3 is 1.64 bits per heavy atom. The third-order valence-corrected chi connectivity index (χ3v) is 28.7. The summed E-state index contributed by atoms with van der Waals surface area (Å²) in [6.45, 7) is 23.9. The van der Waals surface area contributed by atoms with Gasteiger partial charge in [0.05, 0.1) is 0 Å². The first-order chi connectivity index (χ1) is 21.1. The van der Waals surface area contributed by atoms with Crippen LogP contribution in [0.1, 0.15) is 91.5 Å². The Morgan fingerprint density at radius 2 is 1.15 bits per heavy atom. The molecule has 47 heavy (non-hydrogen) atoms. The minimum Gasteiger partial charge on any atom is -1.00 e. The molecule has 1 unspecified atom stereocenters. The monoisotopic (exact) mass is 754 g/mol. The largest absolute Gasteiger partial charge is 1.00 e. The Morgan fingerprint density at radius 1 is 0.617 bits per heavy atom. The number of halogens is 2. The molecule has 4 aromatic rings. The average Bonchev–Trinajstić information content (AvgIpc) is 3.55. The van der Waals surface area contributed by atoms with Crippen LogP contribution in [0.2, 0.25) is 0 Å². The molecule has 0 aromatic heterocycles. The van der Waals surface area contributed by atoms with E-state index in [1.807, 2.05) is 0 Å². The standard InChI is InChI=1S/C21H25.C12H10Si.C10H15.2ClH.Zr/c1-20(2,3)16-9-7-14-11-15-8-10-17(21(4,5)6)13-19(15)18(14)12-16;1-3-7-11(8-4-1)13-12-9-5-2-6-10-12;1-8-5-6-9(7-8)10(2,3)4;;;/h7,9-10,12-13H,11H2,1-6H3;1-10H;6-8H,1-4H3;2*1H;/q;;;;;+2/p-2. The van der Waals surface area contributed by atoms with Crippen molar-refractivity contribution >= 4 is 19.1 Å². The maximum atomic E-state index is 2.71. The number of hydrogen-bond acceptors (Lipinski definition) is 0. The van der Waals surface area contributed by atoms with Crippen LogP contribution < -0.4 is 38.5 Å². The van der Waals surface area contributed by atoms with E-state index in [1.54, 1.807) is 22.5 Å². The number of fused-ring (bicyclic) bond motifs is 3. The third kappa shape index (κ3) is 7.62. The van der Waals surface area contributed by atoms with Crippen molar-refractivity contribution in [2.24, 2.45) is 11.3 Å². The molecule has 0 nitrogen and oxygen atoms in total. The third-order valence-electron chi connectivity index (χ3n) is 9.78. The molecule has 244 valence electrons. The normalized spacial score (nSPS) is 15.3. The summed E-state index contributed by atoms with van der Waals surface area (Å²) in [5, 5.41) is 3.14. The molecule has 2 aliphatic carbocycles. The van der Waals surface area contributed by atoms with Gasteiger partial charge in [-0.15, -0.1) is 0 Å². The Balaban J connectivity index is 0.00000250. The van der Waals surface area contributed by atoms with Crippen LogP contribution in [0.5, 0.6) is 0 Å². The average molecular weight is 757 g/mol. The van der Waals surface area contributed by atoms with E-state index in [2.05, 4.69) is 172 Å². The molecule has 0 aliphatic heterocycles. The predicted molar refractivity (Wildman–Crippen MR) is 194 cm³/mol. The predicted octanol–water partition coefficient (Wildman–Crippen LogP) is 3.42. The zero-order valence-corrected chi connectivity index (χ0v) is 34.8. The molecule has 0 amide bonds. The van der Waals surface area contributed by atoms with Crippen LogP contribution in [0, 0.1) is 11.3 Å². The van der Waals surface area contributed by atoms with Crippen molar-refractivity contribution < 1.29 is 45.2 Å². The van der Waals surface area contributed by atoms with Crippen molar-refractivity contribution in [1.82, 2.24) is 0 Å². The molecule has 4 heteroatoms. The SMILES string of the molecule is CC1C=C(C(C)(C)C)C=[C]1[Zr+2]([c]1cc(C(C)(C)C)cc2c1Cc1ccc(C(C)(C)C)cc1-2)=[Si](c1ccccc1)c1ccccc1.[Cl-].[Cl-]. The van der Waals surface area contributed by atoms with Crippen LogP contribution in [-0.2, 0) is 37.6 Å². The second-order valence-corrected chi connectivity index (χ2v) is 29.5. The van der Waals surface area contributed by atoms with Crippen LogP contribution in [0.15, 0.2) is 112 Å². The van der Waals surface area contributed by atoms with Crippen LogP contribution in [-0.4, -0.2) is 5.43 Å². The number of allylic oxidation sites excluding steroid dienone is 4. The fraction of sp³-hybridized carbons (Fsp3) is 0.349. The smallest absolute Gasteiger partial charge is 1.00 e. The number of rotatable bonds is 4. The van der Waals surface area contributed by atoms with E-state index in [4.69, 9.17) is 0 Å². The summed E-state index contributed by atoms with van der Waals surface area (Å²) < 4.78 is 3.53. The summed E-state index contributed by atoms with van der Waals surface area (Å²) in [4.78, 5) is 0. The second kappa shape index (κ2) is 14.1. The van der Waals surface area contributed by atoms with Gasteiger partial charge >= 0.3 is 283 Å². The van der Waals surface area contributed by atoms with Gasteiger partial charge in [0.15, 0.2) is 0 Å². The summed E-state index contributed by atoms with van der Waals surface area (Å²) in [5.74, 6) is 0.478. The van der Waals surface area contributed by atoms with Crippen LogP contribution in [0.3, 0.4) is 0 Å².